The van der Waals surface area contributed by atoms with E-state index >= 15 is 0 Å². The second-order valence-corrected chi connectivity index (χ2v) is 4.69. The molecule has 1 unspecified atom stereocenters. The van der Waals surface area contributed by atoms with Crippen molar-refractivity contribution in [3.8, 4) is 0 Å². The molecule has 15 heavy (non-hydrogen) atoms. The van der Waals surface area contributed by atoms with Crippen LogP contribution in [0.25, 0.3) is 0 Å². The Hall–Kier alpha value is -0.610. The molecule has 0 aromatic rings. The summed E-state index contributed by atoms with van der Waals surface area (Å²) < 4.78 is 0. The Balaban J connectivity index is 1.96. The molecule has 4 heteroatoms. The van der Waals surface area contributed by atoms with Crippen molar-refractivity contribution in [2.45, 2.75) is 25.8 Å². The summed E-state index contributed by atoms with van der Waals surface area (Å²) in [6.07, 6.45) is 2.65. The lowest BCUT2D eigenvalue weighted by molar-refractivity contribution is -0.120. The van der Waals surface area contributed by atoms with Gasteiger partial charge in [0.05, 0.1) is 6.54 Å². The van der Waals surface area contributed by atoms with Gasteiger partial charge in [-0.15, -0.1) is 0 Å². The molecule has 0 radical (unpaired) electrons. The zero-order chi connectivity index (χ0) is 11.3. The van der Waals surface area contributed by atoms with Gasteiger partial charge in [-0.2, -0.15) is 0 Å². The van der Waals surface area contributed by atoms with Crippen molar-refractivity contribution in [3.63, 3.8) is 0 Å². The second-order valence-electron chi connectivity index (χ2n) is 4.69. The maximum absolute atomic E-state index is 11.4. The molecule has 0 aromatic carbocycles. The molecule has 1 aliphatic rings. The summed E-state index contributed by atoms with van der Waals surface area (Å²) in [6.45, 7) is 4.27. The van der Waals surface area contributed by atoms with Gasteiger partial charge in [-0.25, -0.2) is 0 Å². The fourth-order valence-electron chi connectivity index (χ4n) is 1.22. The minimum atomic E-state index is 0.101. The van der Waals surface area contributed by atoms with Crippen LogP contribution in [-0.2, 0) is 4.79 Å². The molecule has 1 fully saturated rings. The highest BCUT2D eigenvalue weighted by molar-refractivity contribution is 5.77. The molecular formula is C11H23N3O. The van der Waals surface area contributed by atoms with Crippen LogP contribution in [0.15, 0.2) is 0 Å². The minimum Gasteiger partial charge on any atom is -0.353 e. The highest BCUT2D eigenvalue weighted by atomic mass is 16.1. The molecule has 1 amide bonds. The first-order valence-electron chi connectivity index (χ1n) is 5.73. The highest BCUT2D eigenvalue weighted by Crippen LogP contribution is 2.27. The van der Waals surface area contributed by atoms with Gasteiger partial charge >= 0.3 is 0 Å². The Labute approximate surface area is 92.4 Å². The first-order valence-corrected chi connectivity index (χ1v) is 5.73. The Kier molecular flexibility index (Phi) is 5.05. The minimum absolute atomic E-state index is 0.101. The monoisotopic (exact) mass is 213 g/mol. The van der Waals surface area contributed by atoms with Gasteiger partial charge in [-0.3, -0.25) is 4.79 Å². The largest absolute Gasteiger partial charge is 0.353 e. The quantitative estimate of drug-likeness (QED) is 0.628. The molecule has 0 bridgehead atoms. The fraction of sp³-hybridized carbons (Fsp3) is 0.909. The molecule has 0 saturated heterocycles. The number of nitrogens with zero attached hydrogens (tertiary/aromatic N) is 1. The van der Waals surface area contributed by atoms with Gasteiger partial charge in [-0.1, -0.05) is 0 Å². The Morgan fingerprint density at radius 3 is 2.67 bits per heavy atom. The first kappa shape index (κ1) is 12.5. The SMILES string of the molecule is CC(CNC(=O)CNCC1CC1)N(C)C. The van der Waals surface area contributed by atoms with E-state index in [1.165, 1.54) is 12.8 Å². The van der Waals surface area contributed by atoms with Crippen molar-refractivity contribution in [3.05, 3.63) is 0 Å². The molecular weight excluding hydrogens is 190 g/mol. The van der Waals surface area contributed by atoms with Crippen molar-refractivity contribution in [2.75, 3.05) is 33.7 Å². The molecule has 88 valence electrons. The van der Waals surface area contributed by atoms with E-state index in [1.54, 1.807) is 0 Å². The third-order valence-corrected chi connectivity index (χ3v) is 2.89. The van der Waals surface area contributed by atoms with E-state index < -0.39 is 0 Å². The predicted molar refractivity (Wildman–Crippen MR) is 61.8 cm³/mol. The van der Waals surface area contributed by atoms with Crippen LogP contribution < -0.4 is 10.6 Å². The van der Waals surface area contributed by atoms with Crippen molar-refractivity contribution in [2.24, 2.45) is 5.92 Å². The number of hydrogen-bond acceptors (Lipinski definition) is 3. The lowest BCUT2D eigenvalue weighted by Crippen LogP contribution is -2.41. The maximum atomic E-state index is 11.4. The summed E-state index contributed by atoms with van der Waals surface area (Å²) in [7, 11) is 4.03. The molecule has 2 N–H and O–H groups in total. The third-order valence-electron chi connectivity index (χ3n) is 2.89. The van der Waals surface area contributed by atoms with Gasteiger partial charge in [0.1, 0.15) is 0 Å². The van der Waals surface area contributed by atoms with E-state index in [0.29, 0.717) is 12.6 Å². The number of hydrogen-bond donors (Lipinski definition) is 2. The molecule has 1 saturated carbocycles. The van der Waals surface area contributed by atoms with E-state index in [0.717, 1.165) is 19.0 Å². The average Bonchev–Trinajstić information content (AvgIpc) is 2.97. The Morgan fingerprint density at radius 1 is 1.47 bits per heavy atom. The zero-order valence-electron chi connectivity index (χ0n) is 10.0. The second kappa shape index (κ2) is 6.08. The molecule has 1 atom stereocenters. The fourth-order valence-corrected chi connectivity index (χ4v) is 1.22. The number of carbonyl (C=O) groups excluding carboxylic acids is 1. The van der Waals surface area contributed by atoms with Crippen molar-refractivity contribution < 1.29 is 4.79 Å². The van der Waals surface area contributed by atoms with E-state index in [9.17, 15) is 4.79 Å². The zero-order valence-corrected chi connectivity index (χ0v) is 10.0. The molecule has 0 aromatic heterocycles. The lowest BCUT2D eigenvalue weighted by Gasteiger charge is -2.19. The summed E-state index contributed by atoms with van der Waals surface area (Å²) in [5.74, 6) is 0.933. The van der Waals surface area contributed by atoms with Gasteiger partial charge in [0.15, 0.2) is 0 Å². The van der Waals surface area contributed by atoms with Crippen LogP contribution in [0.4, 0.5) is 0 Å². The van der Waals surface area contributed by atoms with Crippen LogP contribution in [-0.4, -0.2) is 50.6 Å². The summed E-state index contributed by atoms with van der Waals surface area (Å²) in [6, 6.07) is 0.386. The summed E-state index contributed by atoms with van der Waals surface area (Å²) in [5, 5.41) is 6.09. The van der Waals surface area contributed by atoms with E-state index in [4.69, 9.17) is 0 Å². The number of likely N-dealkylation sites (N-methyl/N-ethyl adjacent to an activating group) is 1. The van der Waals surface area contributed by atoms with Crippen molar-refractivity contribution >= 4 is 5.91 Å². The molecule has 1 rings (SSSR count). The number of rotatable bonds is 7. The van der Waals surface area contributed by atoms with Crippen molar-refractivity contribution in [1.82, 2.24) is 15.5 Å². The Morgan fingerprint density at radius 2 is 2.13 bits per heavy atom. The standard InChI is InChI=1S/C11H23N3O/c1-9(14(2)3)6-13-11(15)8-12-7-10-4-5-10/h9-10,12H,4-8H2,1-3H3,(H,13,15). The third kappa shape index (κ3) is 5.74. The predicted octanol–water partition coefficient (Wildman–Crippen LogP) is 0.0523. The highest BCUT2D eigenvalue weighted by Gasteiger charge is 2.20. The van der Waals surface area contributed by atoms with Crippen LogP contribution in [0.2, 0.25) is 0 Å². The first-order chi connectivity index (χ1) is 7.09. The molecule has 0 aliphatic heterocycles. The van der Waals surface area contributed by atoms with E-state index in [2.05, 4.69) is 22.5 Å². The Bertz CT molecular complexity index is 202. The van der Waals surface area contributed by atoms with E-state index in [-0.39, 0.29) is 5.91 Å². The summed E-state index contributed by atoms with van der Waals surface area (Å²) >= 11 is 0. The van der Waals surface area contributed by atoms with Gasteiger partial charge in [0, 0.05) is 12.6 Å². The van der Waals surface area contributed by atoms with Crippen LogP contribution in [0.1, 0.15) is 19.8 Å². The van der Waals surface area contributed by atoms with Crippen LogP contribution in [0.3, 0.4) is 0 Å². The van der Waals surface area contributed by atoms with Gasteiger partial charge in [-0.05, 0) is 46.3 Å². The molecule has 0 heterocycles. The van der Waals surface area contributed by atoms with Gasteiger partial charge in [0.25, 0.3) is 0 Å². The lowest BCUT2D eigenvalue weighted by atomic mass is 10.3. The number of amides is 1. The normalized spacial score (nSPS) is 17.9. The summed E-state index contributed by atoms with van der Waals surface area (Å²) in [5.41, 5.74) is 0. The van der Waals surface area contributed by atoms with Gasteiger partial charge in [0.2, 0.25) is 5.91 Å². The molecule has 0 spiro atoms. The smallest absolute Gasteiger partial charge is 0.234 e. The van der Waals surface area contributed by atoms with Crippen LogP contribution in [0.5, 0.6) is 0 Å². The average molecular weight is 213 g/mol. The number of nitrogens with one attached hydrogen (secondary N) is 2. The molecule has 1 aliphatic carbocycles. The van der Waals surface area contributed by atoms with E-state index in [1.807, 2.05) is 14.1 Å². The number of carbonyl (C=O) groups is 1. The van der Waals surface area contributed by atoms with Gasteiger partial charge < -0.3 is 15.5 Å². The van der Waals surface area contributed by atoms with Crippen molar-refractivity contribution in [1.29, 1.82) is 0 Å². The topological polar surface area (TPSA) is 44.4 Å². The van der Waals surface area contributed by atoms with Crippen LogP contribution >= 0.6 is 0 Å². The molecule has 4 nitrogen and oxygen atoms in total. The van der Waals surface area contributed by atoms with Crippen LogP contribution in [0, 0.1) is 5.92 Å². The maximum Gasteiger partial charge on any atom is 0.234 e. The summed E-state index contributed by atoms with van der Waals surface area (Å²) in [4.78, 5) is 13.5.